The number of aromatic nitrogens is 6. The Kier molecular flexibility index (Phi) is 5.56. The third-order valence-corrected chi connectivity index (χ3v) is 9.38. The summed E-state index contributed by atoms with van der Waals surface area (Å²) >= 11 is 0. The molecule has 4 aromatic heterocycles. The second-order valence-corrected chi connectivity index (χ2v) is 12.1. The van der Waals surface area contributed by atoms with Gasteiger partial charge >= 0.3 is 6.03 Å². The van der Waals surface area contributed by atoms with Gasteiger partial charge in [0.2, 0.25) is 0 Å². The van der Waals surface area contributed by atoms with Crippen LogP contribution in [0, 0.1) is 0 Å². The number of amides is 2. The maximum atomic E-state index is 14.0. The van der Waals surface area contributed by atoms with Crippen LogP contribution in [0.25, 0.3) is 33.4 Å². The van der Waals surface area contributed by atoms with Gasteiger partial charge in [-0.25, -0.2) is 22.2 Å². The molecule has 204 valence electrons. The number of hydrogen-bond donors (Lipinski definition) is 1. The van der Waals surface area contributed by atoms with Gasteiger partial charge in [-0.15, -0.1) is 0 Å². The van der Waals surface area contributed by atoms with E-state index in [4.69, 9.17) is 9.97 Å². The molecule has 0 atom stereocenters. The van der Waals surface area contributed by atoms with Crippen LogP contribution in [-0.2, 0) is 30.2 Å². The molecular weight excluding hydrogens is 528 g/mol. The van der Waals surface area contributed by atoms with E-state index in [1.165, 1.54) is 3.97 Å². The maximum Gasteiger partial charge on any atom is 0.317 e. The van der Waals surface area contributed by atoms with Crippen molar-refractivity contribution >= 4 is 27.0 Å². The number of carbonyl (C=O) groups excluding carboxylic acids is 1. The van der Waals surface area contributed by atoms with Crippen LogP contribution in [-0.4, -0.2) is 61.2 Å². The van der Waals surface area contributed by atoms with Crippen LogP contribution >= 0.6 is 0 Å². The van der Waals surface area contributed by atoms with Crippen molar-refractivity contribution in [3.8, 4) is 22.5 Å². The molecule has 0 unspecified atom stereocenters. The van der Waals surface area contributed by atoms with Crippen LogP contribution in [0.15, 0.2) is 66.1 Å². The predicted molar refractivity (Wildman–Crippen MR) is 149 cm³/mol. The Morgan fingerprint density at radius 2 is 1.88 bits per heavy atom. The van der Waals surface area contributed by atoms with Crippen LogP contribution in [0.5, 0.6) is 0 Å². The molecule has 0 radical (unpaired) electrons. The molecular formula is C28H28N8O3S. The van der Waals surface area contributed by atoms with Crippen molar-refractivity contribution in [3.63, 3.8) is 0 Å². The number of benzene rings is 1. The normalized spacial score (nSPS) is 15.4. The van der Waals surface area contributed by atoms with E-state index < -0.39 is 10.0 Å². The van der Waals surface area contributed by atoms with Crippen molar-refractivity contribution < 1.29 is 13.2 Å². The van der Waals surface area contributed by atoms with Crippen LogP contribution in [0.4, 0.5) is 4.79 Å². The Morgan fingerprint density at radius 3 is 2.58 bits per heavy atom. The Balaban J connectivity index is 1.46. The highest BCUT2D eigenvalue weighted by Gasteiger charge is 2.35. The van der Waals surface area contributed by atoms with E-state index in [0.29, 0.717) is 53.4 Å². The number of nitrogens with one attached hydrogen (secondary N) is 1. The van der Waals surface area contributed by atoms with Gasteiger partial charge in [-0.1, -0.05) is 18.2 Å². The minimum absolute atomic E-state index is 0.150. The molecule has 40 heavy (non-hydrogen) atoms. The average molecular weight is 557 g/mol. The van der Waals surface area contributed by atoms with E-state index in [2.05, 4.69) is 15.0 Å². The minimum atomic E-state index is -3.93. The summed E-state index contributed by atoms with van der Waals surface area (Å²) in [6, 6.07) is 10.0. The molecule has 2 amide bonds. The largest absolute Gasteiger partial charge is 0.341 e. The molecule has 1 aromatic carbocycles. The molecule has 1 fully saturated rings. The fraction of sp³-hybridized carbons (Fsp3) is 0.286. The Hall–Kier alpha value is -4.45. The molecule has 12 heteroatoms. The van der Waals surface area contributed by atoms with Crippen molar-refractivity contribution in [2.45, 2.75) is 36.7 Å². The van der Waals surface area contributed by atoms with Crippen molar-refractivity contribution in [2.75, 3.05) is 13.6 Å². The van der Waals surface area contributed by atoms with E-state index in [9.17, 15) is 13.2 Å². The molecule has 7 rings (SSSR count). The summed E-state index contributed by atoms with van der Waals surface area (Å²) in [7, 11) is -0.487. The number of fused-ring (bicyclic) bond motifs is 2. The van der Waals surface area contributed by atoms with Crippen LogP contribution in [0.1, 0.15) is 30.3 Å². The first-order valence-corrected chi connectivity index (χ1v) is 14.7. The zero-order valence-electron chi connectivity index (χ0n) is 22.1. The molecule has 5 aromatic rings. The van der Waals surface area contributed by atoms with Gasteiger partial charge in [0.05, 0.1) is 40.2 Å². The number of imidazole rings is 1. The van der Waals surface area contributed by atoms with Gasteiger partial charge in [0.1, 0.15) is 5.82 Å². The number of aryl methyl sites for hydroxylation is 1. The topological polar surface area (TPSA) is 120 Å². The second-order valence-electron chi connectivity index (χ2n) is 10.3. The monoisotopic (exact) mass is 556 g/mol. The molecule has 1 N–H and O–H groups in total. The standard InChI is InChI=1S/C28H28N8O3S/c1-29-28(37)34-10-11-35-25(17-34)26(32-27(35)18-8-9-18)22-16-36(40(38,39)20-6-4-3-5-7-20)24-12-23(30-14-21(22)24)19-13-31-33(2)15-19/h3-7,12-16,18H,8-11,17H2,1-2H3,(H,29,37). The molecule has 0 bridgehead atoms. The predicted octanol–water partition coefficient (Wildman–Crippen LogP) is 3.57. The third kappa shape index (κ3) is 3.89. The second kappa shape index (κ2) is 9.05. The van der Waals surface area contributed by atoms with Crippen molar-refractivity contribution in [2.24, 2.45) is 7.05 Å². The van der Waals surface area contributed by atoms with E-state index >= 15 is 0 Å². The van der Waals surface area contributed by atoms with Crippen LogP contribution < -0.4 is 5.32 Å². The number of nitrogens with zero attached hydrogens (tertiary/aromatic N) is 7. The van der Waals surface area contributed by atoms with Gasteiger partial charge in [0, 0.05) is 68.2 Å². The SMILES string of the molecule is CNC(=O)N1CCn2c(C3CC3)nc(-c3cn(S(=O)(=O)c4ccccc4)c4cc(-c5cnn(C)c5)ncc34)c2C1. The summed E-state index contributed by atoms with van der Waals surface area (Å²) in [6.45, 7) is 1.61. The molecule has 1 aliphatic carbocycles. The summed E-state index contributed by atoms with van der Waals surface area (Å²) in [5, 5.41) is 7.64. The maximum absolute atomic E-state index is 14.0. The Labute approximate surface area is 231 Å². The molecule has 1 aliphatic heterocycles. The summed E-state index contributed by atoms with van der Waals surface area (Å²) < 4.78 is 33.2. The Morgan fingerprint density at radius 1 is 1.07 bits per heavy atom. The molecule has 5 heterocycles. The van der Waals surface area contributed by atoms with Gasteiger partial charge in [-0.2, -0.15) is 5.10 Å². The minimum Gasteiger partial charge on any atom is -0.341 e. The van der Waals surface area contributed by atoms with Gasteiger partial charge in [0.25, 0.3) is 10.0 Å². The first-order valence-electron chi connectivity index (χ1n) is 13.2. The van der Waals surface area contributed by atoms with E-state index in [-0.39, 0.29) is 10.9 Å². The van der Waals surface area contributed by atoms with Gasteiger partial charge < -0.3 is 14.8 Å². The van der Waals surface area contributed by atoms with Gasteiger partial charge in [-0.05, 0) is 31.0 Å². The first kappa shape index (κ1) is 24.6. The number of rotatable bonds is 5. The highest BCUT2D eigenvalue weighted by Crippen LogP contribution is 2.44. The van der Waals surface area contributed by atoms with Crippen molar-refractivity contribution in [1.29, 1.82) is 0 Å². The van der Waals surface area contributed by atoms with Gasteiger partial charge in [0.15, 0.2) is 0 Å². The summed E-state index contributed by atoms with van der Waals surface area (Å²) in [5.74, 6) is 1.39. The smallest absolute Gasteiger partial charge is 0.317 e. The highest BCUT2D eigenvalue weighted by molar-refractivity contribution is 7.90. The Bertz CT molecular complexity index is 1880. The molecule has 11 nitrogen and oxygen atoms in total. The summed E-state index contributed by atoms with van der Waals surface area (Å²) in [5.41, 5.74) is 4.18. The molecule has 1 saturated carbocycles. The van der Waals surface area contributed by atoms with E-state index in [1.807, 2.05) is 13.2 Å². The number of urea groups is 1. The van der Waals surface area contributed by atoms with Crippen LogP contribution in [0.2, 0.25) is 0 Å². The average Bonchev–Trinajstić information content (AvgIpc) is 3.44. The zero-order chi connectivity index (χ0) is 27.6. The fourth-order valence-electron chi connectivity index (χ4n) is 5.49. The lowest BCUT2D eigenvalue weighted by Crippen LogP contribution is -2.43. The van der Waals surface area contributed by atoms with Crippen molar-refractivity contribution in [1.82, 2.24) is 38.5 Å². The molecule has 2 aliphatic rings. The lowest BCUT2D eigenvalue weighted by molar-refractivity contribution is 0.185. The molecule has 0 saturated heterocycles. The van der Waals surface area contributed by atoms with E-state index in [1.54, 1.807) is 71.6 Å². The lowest BCUT2D eigenvalue weighted by Gasteiger charge is -2.29. The van der Waals surface area contributed by atoms with Crippen molar-refractivity contribution in [3.05, 3.63) is 72.7 Å². The third-order valence-electron chi connectivity index (χ3n) is 7.69. The highest BCUT2D eigenvalue weighted by atomic mass is 32.2. The lowest BCUT2D eigenvalue weighted by atomic mass is 10.1. The molecule has 0 spiro atoms. The first-order chi connectivity index (χ1) is 19.3. The summed E-state index contributed by atoms with van der Waals surface area (Å²) in [6.07, 6.45) is 9.07. The fourth-order valence-corrected chi connectivity index (χ4v) is 6.87. The van der Waals surface area contributed by atoms with Crippen LogP contribution in [0.3, 0.4) is 0 Å². The number of pyridine rings is 1. The number of carbonyl (C=O) groups is 1. The zero-order valence-corrected chi connectivity index (χ0v) is 23.0. The summed E-state index contributed by atoms with van der Waals surface area (Å²) in [4.78, 5) is 24.3. The van der Waals surface area contributed by atoms with Gasteiger partial charge in [-0.3, -0.25) is 9.67 Å². The quantitative estimate of drug-likeness (QED) is 0.354. The van der Waals surface area contributed by atoms with E-state index in [0.717, 1.165) is 29.9 Å². The number of hydrogen-bond acceptors (Lipinski definition) is 6.